The minimum Gasteiger partial charge on any atom is -0.360 e. The molecule has 19 heavy (non-hydrogen) atoms. The Morgan fingerprint density at radius 3 is 2.58 bits per heavy atom. The van der Waals surface area contributed by atoms with Crippen LogP contribution >= 0.6 is 0 Å². The van der Waals surface area contributed by atoms with Crippen LogP contribution in [0, 0.1) is 24.7 Å². The first-order valence-electron chi connectivity index (χ1n) is 7.30. The van der Waals surface area contributed by atoms with Gasteiger partial charge in [0.2, 0.25) is 0 Å². The SMILES string of the molecule is Cc1cc(C[S@](=O)CCC2C[C@@H](C)C[C@@H](C)C2)on1. The molecule has 108 valence electrons. The Balaban J connectivity index is 1.74. The zero-order valence-corrected chi connectivity index (χ0v) is 13.0. The fourth-order valence-electron chi connectivity index (χ4n) is 3.36. The average molecular weight is 283 g/mol. The molecule has 0 radical (unpaired) electrons. The summed E-state index contributed by atoms with van der Waals surface area (Å²) >= 11 is 0. The highest BCUT2D eigenvalue weighted by molar-refractivity contribution is 7.84. The molecule has 0 amide bonds. The topological polar surface area (TPSA) is 43.1 Å². The molecule has 4 heteroatoms. The summed E-state index contributed by atoms with van der Waals surface area (Å²) in [5.41, 5.74) is 0.863. The quantitative estimate of drug-likeness (QED) is 0.827. The van der Waals surface area contributed by atoms with E-state index < -0.39 is 10.8 Å². The van der Waals surface area contributed by atoms with Crippen molar-refractivity contribution >= 4 is 10.8 Å². The van der Waals surface area contributed by atoms with E-state index in [4.69, 9.17) is 4.52 Å². The van der Waals surface area contributed by atoms with Gasteiger partial charge in [-0.2, -0.15) is 0 Å². The predicted octanol–water partition coefficient (Wildman–Crippen LogP) is 3.69. The van der Waals surface area contributed by atoms with E-state index in [9.17, 15) is 4.21 Å². The molecular formula is C15H25NO2S. The van der Waals surface area contributed by atoms with Gasteiger partial charge in [0, 0.05) is 22.6 Å². The molecule has 1 fully saturated rings. The summed E-state index contributed by atoms with van der Waals surface area (Å²) in [4.78, 5) is 0. The molecule has 0 N–H and O–H groups in total. The number of hydrogen-bond acceptors (Lipinski definition) is 3. The maximum Gasteiger partial charge on any atom is 0.149 e. The Morgan fingerprint density at radius 1 is 1.32 bits per heavy atom. The fourth-order valence-corrected chi connectivity index (χ4v) is 4.56. The molecule has 1 aliphatic rings. The third kappa shape index (κ3) is 4.75. The van der Waals surface area contributed by atoms with E-state index >= 15 is 0 Å². The van der Waals surface area contributed by atoms with Crippen LogP contribution in [0.25, 0.3) is 0 Å². The first kappa shape index (κ1) is 14.8. The Labute approximate surface area is 118 Å². The van der Waals surface area contributed by atoms with Gasteiger partial charge in [0.25, 0.3) is 0 Å². The van der Waals surface area contributed by atoms with Gasteiger partial charge in [0.15, 0.2) is 0 Å². The average Bonchev–Trinajstić information content (AvgIpc) is 2.71. The highest BCUT2D eigenvalue weighted by atomic mass is 32.2. The van der Waals surface area contributed by atoms with Crippen LogP contribution in [0.3, 0.4) is 0 Å². The monoisotopic (exact) mass is 283 g/mol. The Morgan fingerprint density at radius 2 is 2.00 bits per heavy atom. The standard InChI is InChI=1S/C15H25NO2S/c1-11-6-12(2)8-14(7-11)4-5-19(17)10-15-9-13(3)16-18-15/h9,11-12,14H,4-8,10H2,1-3H3/t11-,12+,14?,19-/m1/s1. The van der Waals surface area contributed by atoms with Crippen LogP contribution in [-0.4, -0.2) is 15.1 Å². The van der Waals surface area contributed by atoms with Crippen molar-refractivity contribution in [3.05, 3.63) is 17.5 Å². The summed E-state index contributed by atoms with van der Waals surface area (Å²) < 4.78 is 17.2. The fraction of sp³-hybridized carbons (Fsp3) is 0.800. The van der Waals surface area contributed by atoms with Gasteiger partial charge in [0.05, 0.1) is 11.4 Å². The third-order valence-electron chi connectivity index (χ3n) is 4.01. The van der Waals surface area contributed by atoms with Gasteiger partial charge in [-0.05, 0) is 50.4 Å². The molecule has 1 aromatic heterocycles. The lowest BCUT2D eigenvalue weighted by molar-refractivity contribution is 0.215. The minimum atomic E-state index is -0.816. The van der Waals surface area contributed by atoms with E-state index in [1.165, 1.54) is 19.3 Å². The molecule has 4 atom stereocenters. The molecule has 2 rings (SSSR count). The number of aromatic nitrogens is 1. The molecule has 3 nitrogen and oxygen atoms in total. The van der Waals surface area contributed by atoms with Gasteiger partial charge >= 0.3 is 0 Å². The van der Waals surface area contributed by atoms with Gasteiger partial charge in [-0.15, -0.1) is 0 Å². The van der Waals surface area contributed by atoms with Crippen LogP contribution in [0.4, 0.5) is 0 Å². The molecule has 1 aromatic rings. The van der Waals surface area contributed by atoms with Crippen molar-refractivity contribution in [2.24, 2.45) is 17.8 Å². The van der Waals surface area contributed by atoms with E-state index in [1.54, 1.807) is 0 Å². The largest absolute Gasteiger partial charge is 0.360 e. The Kier molecular flexibility index (Phi) is 5.20. The van der Waals surface area contributed by atoms with Crippen LogP contribution in [0.15, 0.2) is 10.6 Å². The maximum atomic E-state index is 12.1. The molecule has 1 aliphatic carbocycles. The summed E-state index contributed by atoms with van der Waals surface area (Å²) in [7, 11) is -0.816. The highest BCUT2D eigenvalue weighted by Crippen LogP contribution is 2.34. The van der Waals surface area contributed by atoms with Crippen LogP contribution in [0.1, 0.15) is 51.0 Å². The zero-order chi connectivity index (χ0) is 13.8. The zero-order valence-electron chi connectivity index (χ0n) is 12.2. The number of rotatable bonds is 5. The molecule has 0 saturated heterocycles. The Hall–Kier alpha value is -0.640. The second-order valence-corrected chi connectivity index (χ2v) is 7.87. The maximum absolute atomic E-state index is 12.1. The number of hydrogen-bond donors (Lipinski definition) is 0. The molecule has 0 aromatic carbocycles. The highest BCUT2D eigenvalue weighted by Gasteiger charge is 2.24. The number of aryl methyl sites for hydroxylation is 1. The van der Waals surface area contributed by atoms with Crippen molar-refractivity contribution in [2.45, 2.75) is 52.2 Å². The van der Waals surface area contributed by atoms with E-state index in [0.717, 1.165) is 41.4 Å². The summed E-state index contributed by atoms with van der Waals surface area (Å²) in [6.45, 7) is 6.58. The summed E-state index contributed by atoms with van der Waals surface area (Å²) in [5, 5.41) is 3.83. The number of nitrogens with zero attached hydrogens (tertiary/aromatic N) is 1. The third-order valence-corrected chi connectivity index (χ3v) is 5.31. The van der Waals surface area contributed by atoms with Crippen molar-refractivity contribution in [3.8, 4) is 0 Å². The van der Waals surface area contributed by atoms with Crippen molar-refractivity contribution in [3.63, 3.8) is 0 Å². The molecular weight excluding hydrogens is 258 g/mol. The van der Waals surface area contributed by atoms with Crippen LogP contribution in [0.5, 0.6) is 0 Å². The van der Waals surface area contributed by atoms with Gasteiger partial charge in [-0.25, -0.2) is 0 Å². The molecule has 1 unspecified atom stereocenters. The van der Waals surface area contributed by atoms with E-state index in [0.29, 0.717) is 5.75 Å². The van der Waals surface area contributed by atoms with E-state index in [2.05, 4.69) is 19.0 Å². The van der Waals surface area contributed by atoms with Gasteiger partial charge in [0.1, 0.15) is 5.76 Å². The lowest BCUT2D eigenvalue weighted by atomic mass is 9.76. The van der Waals surface area contributed by atoms with Crippen molar-refractivity contribution < 1.29 is 8.73 Å². The Bertz CT molecular complexity index is 420. The smallest absolute Gasteiger partial charge is 0.149 e. The molecule has 0 spiro atoms. The molecule has 1 heterocycles. The normalized spacial score (nSPS) is 29.3. The summed E-state index contributed by atoms with van der Waals surface area (Å²) in [6, 6.07) is 1.88. The van der Waals surface area contributed by atoms with Crippen LogP contribution < -0.4 is 0 Å². The first-order chi connectivity index (χ1) is 9.02. The summed E-state index contributed by atoms with van der Waals surface area (Å²) in [5.74, 6) is 4.49. The molecule has 1 saturated carbocycles. The van der Waals surface area contributed by atoms with Gasteiger partial charge in [-0.1, -0.05) is 19.0 Å². The van der Waals surface area contributed by atoms with E-state index in [-0.39, 0.29) is 0 Å². The van der Waals surface area contributed by atoms with Crippen molar-refractivity contribution in [1.82, 2.24) is 5.16 Å². The molecule has 0 bridgehead atoms. The second-order valence-electron chi connectivity index (χ2n) is 6.30. The second kappa shape index (κ2) is 6.69. The lowest BCUT2D eigenvalue weighted by Crippen LogP contribution is -2.21. The van der Waals surface area contributed by atoms with Crippen LogP contribution in [0.2, 0.25) is 0 Å². The van der Waals surface area contributed by atoms with Gasteiger partial charge < -0.3 is 4.52 Å². The minimum absolute atomic E-state index is 0.513. The van der Waals surface area contributed by atoms with Crippen molar-refractivity contribution in [2.75, 3.05) is 5.75 Å². The molecule has 0 aliphatic heterocycles. The van der Waals surface area contributed by atoms with E-state index in [1.807, 2.05) is 13.0 Å². The van der Waals surface area contributed by atoms with Crippen LogP contribution in [-0.2, 0) is 16.6 Å². The first-order valence-corrected chi connectivity index (χ1v) is 8.79. The van der Waals surface area contributed by atoms with Gasteiger partial charge in [-0.3, -0.25) is 4.21 Å². The van der Waals surface area contributed by atoms with Crippen molar-refractivity contribution in [1.29, 1.82) is 0 Å². The predicted molar refractivity (Wildman–Crippen MR) is 78.2 cm³/mol. The lowest BCUT2D eigenvalue weighted by Gasteiger charge is -2.31. The summed E-state index contributed by atoms with van der Waals surface area (Å²) in [6.07, 6.45) is 5.07.